The van der Waals surface area contributed by atoms with E-state index in [1.165, 1.54) is 43.6 Å². The summed E-state index contributed by atoms with van der Waals surface area (Å²) in [6, 6.07) is 3.08. The molecule has 0 bridgehead atoms. The number of sulfone groups is 1. The van der Waals surface area contributed by atoms with E-state index in [2.05, 4.69) is 19.7 Å². The summed E-state index contributed by atoms with van der Waals surface area (Å²) in [4.78, 5) is 11.6. The summed E-state index contributed by atoms with van der Waals surface area (Å²) in [5.74, 6) is -6.10. The molecule has 15 heteroatoms. The van der Waals surface area contributed by atoms with Crippen molar-refractivity contribution >= 4 is 15.4 Å². The van der Waals surface area contributed by atoms with Crippen LogP contribution in [0.25, 0.3) is 17.0 Å². The topological polar surface area (TPSA) is 119 Å². The fourth-order valence-corrected chi connectivity index (χ4v) is 3.84. The lowest BCUT2D eigenvalue weighted by molar-refractivity contribution is -0.290. The van der Waals surface area contributed by atoms with E-state index in [0.717, 1.165) is 12.4 Å². The number of halogens is 5. The van der Waals surface area contributed by atoms with Gasteiger partial charge in [0.2, 0.25) is 5.88 Å². The molecule has 0 spiro atoms. The number of imidazole rings is 1. The minimum Gasteiger partial charge on any atom is -0.471 e. The zero-order valence-corrected chi connectivity index (χ0v) is 19.3. The highest BCUT2D eigenvalue weighted by Gasteiger charge is 2.58. The SMILES string of the molecule is CCS(=O)(=O)c1cc(OC(C)(C)C#N)cnc1-c1ncc2c(OCC(F)(F)C(F)(F)F)nccn12. The Morgan fingerprint density at radius 2 is 1.80 bits per heavy atom. The smallest absolute Gasteiger partial charge is 0.456 e. The van der Waals surface area contributed by atoms with E-state index < -0.39 is 40.0 Å². The maximum atomic E-state index is 13.3. The Morgan fingerprint density at radius 3 is 2.40 bits per heavy atom. The Balaban J connectivity index is 2.09. The molecule has 0 amide bonds. The molecule has 35 heavy (non-hydrogen) atoms. The van der Waals surface area contributed by atoms with Crippen LogP contribution in [0.1, 0.15) is 20.8 Å². The first-order chi connectivity index (χ1) is 16.1. The number of nitriles is 1. The number of fused-ring (bicyclic) bond motifs is 1. The van der Waals surface area contributed by atoms with Crippen LogP contribution in [0.3, 0.4) is 0 Å². The van der Waals surface area contributed by atoms with Gasteiger partial charge in [-0.2, -0.15) is 27.2 Å². The number of rotatable bonds is 8. The molecule has 0 saturated heterocycles. The number of aromatic nitrogens is 4. The zero-order chi connectivity index (χ0) is 26.2. The van der Waals surface area contributed by atoms with Crippen LogP contribution in [0.5, 0.6) is 11.6 Å². The molecule has 3 rings (SSSR count). The lowest BCUT2D eigenvalue weighted by Crippen LogP contribution is -2.41. The summed E-state index contributed by atoms with van der Waals surface area (Å²) in [6.45, 7) is 2.31. The van der Waals surface area contributed by atoms with Crippen molar-refractivity contribution < 1.29 is 39.8 Å². The van der Waals surface area contributed by atoms with Crippen molar-refractivity contribution in [2.24, 2.45) is 0 Å². The highest BCUT2D eigenvalue weighted by molar-refractivity contribution is 7.91. The fourth-order valence-electron chi connectivity index (χ4n) is 2.79. The Hall–Kier alpha value is -3.54. The molecule has 0 aliphatic rings. The highest BCUT2D eigenvalue weighted by atomic mass is 32.2. The molecule has 3 heterocycles. The lowest BCUT2D eigenvalue weighted by Gasteiger charge is -2.19. The third-order valence-electron chi connectivity index (χ3n) is 4.63. The van der Waals surface area contributed by atoms with Gasteiger partial charge in [-0.15, -0.1) is 0 Å². The van der Waals surface area contributed by atoms with Crippen molar-refractivity contribution in [1.29, 1.82) is 5.26 Å². The molecule has 0 saturated carbocycles. The number of nitrogens with zero attached hydrogens (tertiary/aromatic N) is 5. The molecule has 0 radical (unpaired) electrons. The number of pyridine rings is 1. The van der Waals surface area contributed by atoms with Crippen molar-refractivity contribution in [3.05, 3.63) is 30.9 Å². The Bertz CT molecular complexity index is 1400. The summed E-state index contributed by atoms with van der Waals surface area (Å²) in [5, 5.41) is 9.16. The average molecular weight is 519 g/mol. The second-order valence-corrected chi connectivity index (χ2v) is 9.95. The monoisotopic (exact) mass is 519 g/mol. The van der Waals surface area contributed by atoms with Crippen LogP contribution < -0.4 is 9.47 Å². The fraction of sp³-hybridized carbons (Fsp3) is 0.400. The Kier molecular flexibility index (Phi) is 6.64. The van der Waals surface area contributed by atoms with Crippen molar-refractivity contribution in [2.45, 2.75) is 43.4 Å². The maximum absolute atomic E-state index is 13.3. The molecule has 0 aromatic carbocycles. The van der Waals surface area contributed by atoms with Gasteiger partial charge >= 0.3 is 12.1 Å². The molecule has 9 nitrogen and oxygen atoms in total. The maximum Gasteiger partial charge on any atom is 0.456 e. The molecule has 3 aromatic rings. The summed E-state index contributed by atoms with van der Waals surface area (Å²) >= 11 is 0. The van der Waals surface area contributed by atoms with Gasteiger partial charge < -0.3 is 9.47 Å². The number of hydrogen-bond donors (Lipinski definition) is 0. The summed E-state index contributed by atoms with van der Waals surface area (Å²) in [5.41, 5.74) is -1.54. The molecule has 0 fully saturated rings. The van der Waals surface area contributed by atoms with E-state index in [9.17, 15) is 30.4 Å². The van der Waals surface area contributed by atoms with Crippen molar-refractivity contribution in [3.8, 4) is 29.2 Å². The second-order valence-electron chi connectivity index (χ2n) is 7.71. The molecule has 0 atom stereocenters. The van der Waals surface area contributed by atoms with Gasteiger partial charge in [0.15, 0.2) is 27.9 Å². The van der Waals surface area contributed by atoms with Crippen LogP contribution in [-0.2, 0) is 9.84 Å². The third kappa shape index (κ3) is 5.26. The van der Waals surface area contributed by atoms with Crippen LogP contribution in [0, 0.1) is 11.3 Å². The number of ether oxygens (including phenoxy) is 2. The molecule has 188 valence electrons. The van der Waals surface area contributed by atoms with Gasteiger partial charge in [-0.1, -0.05) is 6.92 Å². The number of alkyl halides is 5. The summed E-state index contributed by atoms with van der Waals surface area (Å²) in [7, 11) is -3.91. The van der Waals surface area contributed by atoms with Gasteiger partial charge in [-0.3, -0.25) is 4.40 Å². The number of hydrogen-bond acceptors (Lipinski definition) is 8. The largest absolute Gasteiger partial charge is 0.471 e. The third-order valence-corrected chi connectivity index (χ3v) is 6.37. The minimum absolute atomic E-state index is 0.00624. The van der Waals surface area contributed by atoms with Crippen LogP contribution in [0.4, 0.5) is 22.0 Å². The minimum atomic E-state index is -5.82. The normalized spacial score (nSPS) is 13.0. The quantitative estimate of drug-likeness (QED) is 0.412. The van der Waals surface area contributed by atoms with Crippen LogP contribution in [-0.4, -0.2) is 57.8 Å². The summed E-state index contributed by atoms with van der Waals surface area (Å²) < 4.78 is 101. The van der Waals surface area contributed by atoms with E-state index in [1.54, 1.807) is 0 Å². The van der Waals surface area contributed by atoms with Gasteiger partial charge in [0.05, 0.1) is 18.1 Å². The average Bonchev–Trinajstić information content (AvgIpc) is 3.21. The van der Waals surface area contributed by atoms with Crippen molar-refractivity contribution in [2.75, 3.05) is 12.4 Å². The standard InChI is InChI=1S/C20H18F5N5O4S/c1-4-35(31,32)14-7-12(34-18(2,3)10-26)8-28-15(14)16-29-9-13-17(27-5-6-30(13)16)33-11-19(21,22)20(23,24)25/h5-9H,4,11H2,1-3H3. The van der Waals surface area contributed by atoms with Gasteiger partial charge in [0.1, 0.15) is 27.9 Å². The zero-order valence-electron chi connectivity index (χ0n) is 18.5. The van der Waals surface area contributed by atoms with E-state index in [-0.39, 0.29) is 33.4 Å². The molecule has 0 aliphatic heterocycles. The molecule has 0 aliphatic carbocycles. The van der Waals surface area contributed by atoms with Gasteiger partial charge in [0.25, 0.3) is 0 Å². The molecular weight excluding hydrogens is 501 g/mol. The van der Waals surface area contributed by atoms with E-state index >= 15 is 0 Å². The lowest BCUT2D eigenvalue weighted by atomic mass is 10.2. The van der Waals surface area contributed by atoms with Gasteiger partial charge in [0, 0.05) is 18.5 Å². The van der Waals surface area contributed by atoms with Gasteiger partial charge in [-0.05, 0) is 13.8 Å². The van der Waals surface area contributed by atoms with Crippen molar-refractivity contribution in [3.63, 3.8) is 0 Å². The molecular formula is C20H18F5N5O4S. The van der Waals surface area contributed by atoms with E-state index in [4.69, 9.17) is 10.00 Å². The Labute approximate surface area is 196 Å². The second kappa shape index (κ2) is 8.91. The first kappa shape index (κ1) is 26.1. The molecule has 0 unspecified atom stereocenters. The van der Waals surface area contributed by atoms with E-state index in [0.29, 0.717) is 0 Å². The van der Waals surface area contributed by atoms with Crippen LogP contribution in [0.2, 0.25) is 0 Å². The molecule has 3 aromatic heterocycles. The molecule has 0 N–H and O–H groups in total. The predicted octanol–water partition coefficient (Wildman–Crippen LogP) is 3.84. The highest BCUT2D eigenvalue weighted by Crippen LogP contribution is 2.36. The summed E-state index contributed by atoms with van der Waals surface area (Å²) in [6.07, 6.45) is -1.25. The van der Waals surface area contributed by atoms with Crippen molar-refractivity contribution in [1.82, 2.24) is 19.4 Å². The first-order valence-electron chi connectivity index (χ1n) is 9.85. The predicted molar refractivity (Wildman–Crippen MR) is 111 cm³/mol. The van der Waals surface area contributed by atoms with Gasteiger partial charge in [-0.25, -0.2) is 23.4 Å². The van der Waals surface area contributed by atoms with E-state index in [1.807, 2.05) is 6.07 Å². The Morgan fingerprint density at radius 1 is 1.11 bits per heavy atom. The first-order valence-corrected chi connectivity index (χ1v) is 11.5. The van der Waals surface area contributed by atoms with Crippen LogP contribution >= 0.6 is 0 Å². The van der Waals surface area contributed by atoms with Crippen LogP contribution in [0.15, 0.2) is 35.7 Å².